The Labute approximate surface area is 224 Å². The molecule has 0 radical (unpaired) electrons. The van der Waals surface area contributed by atoms with Crippen molar-refractivity contribution in [3.63, 3.8) is 0 Å². The zero-order chi connectivity index (χ0) is 27.3. The summed E-state index contributed by atoms with van der Waals surface area (Å²) >= 11 is 6.28. The van der Waals surface area contributed by atoms with Crippen LogP contribution in [-0.2, 0) is 9.59 Å². The summed E-state index contributed by atoms with van der Waals surface area (Å²) in [5, 5.41) is 14.1. The minimum atomic E-state index is -0.918. The first-order chi connectivity index (χ1) is 18.8. The van der Waals surface area contributed by atoms with E-state index in [-0.39, 0.29) is 34.8 Å². The molecular formula is C25H20ClF2N9O2. The highest BCUT2D eigenvalue weighted by atomic mass is 35.5. The third-order valence-corrected chi connectivity index (χ3v) is 7.09. The molecule has 2 amide bonds. The number of nitrogens with zero attached hydrogens (tertiary/aromatic N) is 7. The number of anilines is 1. The lowest BCUT2D eigenvalue weighted by Crippen LogP contribution is -2.39. The second-order valence-corrected chi connectivity index (χ2v) is 9.71. The minimum absolute atomic E-state index is 0.136. The number of carbonyl (C=O) groups is 2. The zero-order valence-corrected chi connectivity index (χ0v) is 21.2. The van der Waals surface area contributed by atoms with Gasteiger partial charge in [-0.3, -0.25) is 9.59 Å². The van der Waals surface area contributed by atoms with E-state index in [9.17, 15) is 18.4 Å². The Morgan fingerprint density at radius 3 is 2.82 bits per heavy atom. The number of tetrazole rings is 1. The number of carbonyl (C=O) groups excluding carboxylic acids is 2. The first-order valence-electron chi connectivity index (χ1n) is 12.0. The Morgan fingerprint density at radius 2 is 2.05 bits per heavy atom. The highest BCUT2D eigenvalue weighted by Gasteiger charge is 2.42. The van der Waals surface area contributed by atoms with Crippen LogP contribution in [0.4, 0.5) is 14.6 Å². The predicted molar refractivity (Wildman–Crippen MR) is 135 cm³/mol. The van der Waals surface area contributed by atoms with Crippen molar-refractivity contribution in [2.24, 2.45) is 0 Å². The zero-order valence-electron chi connectivity index (χ0n) is 20.4. The van der Waals surface area contributed by atoms with Crippen LogP contribution in [0.3, 0.4) is 0 Å². The van der Waals surface area contributed by atoms with Gasteiger partial charge in [0.05, 0.1) is 11.7 Å². The Hall–Kier alpha value is -4.52. The summed E-state index contributed by atoms with van der Waals surface area (Å²) in [6, 6.07) is 5.87. The third kappa shape index (κ3) is 4.44. The average molecular weight is 552 g/mol. The number of halogens is 3. The Morgan fingerprint density at radius 1 is 1.21 bits per heavy atom. The standard InChI is InChI=1S/C25H20ClF2N9O2/c1-12(38)31-25-21(27)16(6-7-29-25)22-23(28)33-24(32-22)19-5-3-15-8-13(9-20(39)37(15)19)17-10-14(26)2-4-18(17)36-11-30-34-35-36/h2,4,6-7,9-11,15,19H,3,5,8H2,1H3,(H,32,33)(H,29,31,38)/t15-,19?/m1/s1. The van der Waals surface area contributed by atoms with Crippen LogP contribution in [0, 0.1) is 11.8 Å². The van der Waals surface area contributed by atoms with E-state index >= 15 is 0 Å². The molecule has 3 aromatic heterocycles. The number of imidazole rings is 1. The molecule has 1 fully saturated rings. The third-order valence-electron chi connectivity index (χ3n) is 6.86. The number of aromatic amines is 1. The van der Waals surface area contributed by atoms with Crippen LogP contribution in [0.15, 0.2) is 42.9 Å². The molecule has 39 heavy (non-hydrogen) atoms. The van der Waals surface area contributed by atoms with Crippen LogP contribution in [0.1, 0.15) is 43.6 Å². The van der Waals surface area contributed by atoms with Crippen molar-refractivity contribution in [2.45, 2.75) is 38.3 Å². The van der Waals surface area contributed by atoms with Gasteiger partial charge < -0.3 is 15.2 Å². The maximum absolute atomic E-state index is 15.0. The molecule has 1 aromatic carbocycles. The van der Waals surface area contributed by atoms with E-state index in [2.05, 4.69) is 35.8 Å². The van der Waals surface area contributed by atoms with E-state index in [1.54, 1.807) is 23.1 Å². The summed E-state index contributed by atoms with van der Waals surface area (Å²) in [5.41, 5.74) is 1.88. The summed E-state index contributed by atoms with van der Waals surface area (Å²) in [4.78, 5) is 37.1. The molecule has 0 aliphatic carbocycles. The van der Waals surface area contributed by atoms with Gasteiger partial charge in [0, 0.05) is 41.4 Å². The van der Waals surface area contributed by atoms with E-state index in [0.29, 0.717) is 30.0 Å². The highest BCUT2D eigenvalue weighted by molar-refractivity contribution is 6.30. The molecule has 2 atom stereocenters. The van der Waals surface area contributed by atoms with Gasteiger partial charge in [0.15, 0.2) is 11.6 Å². The Kier molecular flexibility index (Phi) is 6.14. The summed E-state index contributed by atoms with van der Waals surface area (Å²) in [6.45, 7) is 1.22. The van der Waals surface area contributed by atoms with Gasteiger partial charge in [-0.2, -0.15) is 9.07 Å². The Balaban J connectivity index is 1.31. The lowest BCUT2D eigenvalue weighted by molar-refractivity contribution is -0.129. The second kappa shape index (κ2) is 9.66. The smallest absolute Gasteiger partial charge is 0.247 e. The molecule has 2 aliphatic heterocycles. The minimum Gasteiger partial charge on any atom is -0.338 e. The SMILES string of the molecule is CC(=O)Nc1nccc(-c2[nH]c(C3CC[C@@H]4CC(c5cc(Cl)ccc5-n5cnnn5)=CC(=O)N34)nc2F)c1F. The number of hydrogen-bond donors (Lipinski definition) is 2. The topological polar surface area (TPSA) is 135 Å². The van der Waals surface area contributed by atoms with E-state index < -0.39 is 23.7 Å². The number of rotatable bonds is 5. The van der Waals surface area contributed by atoms with Gasteiger partial charge in [-0.05, 0) is 59.5 Å². The number of pyridine rings is 1. The fourth-order valence-corrected chi connectivity index (χ4v) is 5.41. The molecule has 2 N–H and O–H groups in total. The summed E-state index contributed by atoms with van der Waals surface area (Å²) < 4.78 is 31.5. The molecule has 2 aliphatic rings. The van der Waals surface area contributed by atoms with Crippen LogP contribution in [-0.4, -0.2) is 57.9 Å². The van der Waals surface area contributed by atoms with Gasteiger partial charge in [0.25, 0.3) is 0 Å². The molecule has 0 bridgehead atoms. The molecule has 1 unspecified atom stereocenters. The monoisotopic (exact) mass is 551 g/mol. The van der Waals surface area contributed by atoms with Crippen molar-refractivity contribution < 1.29 is 18.4 Å². The normalized spacial score (nSPS) is 18.7. The van der Waals surface area contributed by atoms with Crippen molar-refractivity contribution in [1.29, 1.82) is 0 Å². The van der Waals surface area contributed by atoms with Gasteiger partial charge in [-0.1, -0.05) is 11.6 Å². The van der Waals surface area contributed by atoms with Crippen molar-refractivity contribution in [3.8, 4) is 16.9 Å². The molecule has 0 saturated carbocycles. The van der Waals surface area contributed by atoms with E-state index in [4.69, 9.17) is 11.6 Å². The lowest BCUT2D eigenvalue weighted by Gasteiger charge is -2.33. The number of hydrogen-bond acceptors (Lipinski definition) is 7. The van der Waals surface area contributed by atoms with Crippen LogP contribution in [0.2, 0.25) is 5.02 Å². The number of fused-ring (bicyclic) bond motifs is 1. The van der Waals surface area contributed by atoms with Crippen molar-refractivity contribution in [2.75, 3.05) is 5.32 Å². The Bertz CT molecular complexity index is 1640. The van der Waals surface area contributed by atoms with Crippen LogP contribution >= 0.6 is 11.6 Å². The molecular weight excluding hydrogens is 532 g/mol. The molecule has 5 heterocycles. The number of benzene rings is 1. The maximum atomic E-state index is 15.0. The van der Waals surface area contributed by atoms with Gasteiger partial charge in [0.2, 0.25) is 17.8 Å². The average Bonchev–Trinajstić information content (AvgIpc) is 3.65. The van der Waals surface area contributed by atoms with Crippen molar-refractivity contribution in [3.05, 3.63) is 71.0 Å². The first kappa shape index (κ1) is 24.8. The second-order valence-electron chi connectivity index (χ2n) is 9.27. The molecule has 11 nitrogen and oxygen atoms in total. The highest BCUT2D eigenvalue weighted by Crippen LogP contribution is 2.43. The largest absolute Gasteiger partial charge is 0.338 e. The molecule has 198 valence electrons. The maximum Gasteiger partial charge on any atom is 0.247 e. The fourth-order valence-electron chi connectivity index (χ4n) is 5.24. The first-order valence-corrected chi connectivity index (χ1v) is 12.4. The number of H-pyrrole nitrogens is 1. The van der Waals surface area contributed by atoms with Crippen LogP contribution in [0.5, 0.6) is 0 Å². The van der Waals surface area contributed by atoms with Crippen LogP contribution < -0.4 is 5.32 Å². The number of amides is 2. The van der Waals surface area contributed by atoms with Gasteiger partial charge in [0.1, 0.15) is 17.8 Å². The predicted octanol–water partition coefficient (Wildman–Crippen LogP) is 3.86. The quantitative estimate of drug-likeness (QED) is 0.384. The molecule has 4 aromatic rings. The molecule has 1 saturated heterocycles. The number of aromatic nitrogens is 7. The summed E-state index contributed by atoms with van der Waals surface area (Å²) in [6.07, 6.45) is 5.99. The van der Waals surface area contributed by atoms with E-state index in [1.165, 1.54) is 36.3 Å². The van der Waals surface area contributed by atoms with Crippen LogP contribution in [0.25, 0.3) is 22.5 Å². The van der Waals surface area contributed by atoms with Gasteiger partial charge in [-0.25, -0.2) is 14.4 Å². The van der Waals surface area contributed by atoms with Crippen molar-refractivity contribution >= 4 is 34.8 Å². The molecule has 14 heteroatoms. The number of nitrogens with one attached hydrogen (secondary N) is 2. The van der Waals surface area contributed by atoms with Gasteiger partial charge >= 0.3 is 0 Å². The van der Waals surface area contributed by atoms with Gasteiger partial charge in [-0.15, -0.1) is 5.10 Å². The fraction of sp³-hybridized carbons (Fsp3) is 0.240. The van der Waals surface area contributed by atoms with E-state index in [0.717, 1.165) is 11.1 Å². The summed E-state index contributed by atoms with van der Waals surface area (Å²) in [5.74, 6) is -2.69. The molecule has 0 spiro atoms. The molecule has 6 rings (SSSR count). The summed E-state index contributed by atoms with van der Waals surface area (Å²) in [7, 11) is 0. The van der Waals surface area contributed by atoms with Crippen molar-refractivity contribution in [1.82, 2.24) is 40.1 Å². The van der Waals surface area contributed by atoms with E-state index in [1.807, 2.05) is 0 Å². The lowest BCUT2D eigenvalue weighted by atomic mass is 9.92.